The number of rotatable bonds is 4. The van der Waals surface area contributed by atoms with E-state index in [0.29, 0.717) is 5.76 Å². The van der Waals surface area contributed by atoms with E-state index >= 15 is 0 Å². The van der Waals surface area contributed by atoms with Crippen molar-refractivity contribution >= 4 is 11.6 Å². The molecule has 1 amide bonds. The fraction of sp³-hybridized carbons (Fsp3) is 0.267. The van der Waals surface area contributed by atoms with Crippen LogP contribution in [0.1, 0.15) is 22.6 Å². The molecule has 2 aromatic heterocycles. The van der Waals surface area contributed by atoms with E-state index < -0.39 is 0 Å². The summed E-state index contributed by atoms with van der Waals surface area (Å²) in [7, 11) is 0. The van der Waals surface area contributed by atoms with Gasteiger partial charge >= 0.3 is 0 Å². The lowest BCUT2D eigenvalue weighted by Crippen LogP contribution is -2.15. The van der Waals surface area contributed by atoms with E-state index in [4.69, 9.17) is 4.52 Å². The molecule has 0 saturated carbocycles. The molecule has 1 aromatic carbocycles. The fourth-order valence-corrected chi connectivity index (χ4v) is 2.38. The fourth-order valence-electron chi connectivity index (χ4n) is 2.38. The Morgan fingerprint density at radius 3 is 2.74 bits per heavy atom. The minimum Gasteiger partial charge on any atom is -0.361 e. The summed E-state index contributed by atoms with van der Waals surface area (Å²) in [5, 5.41) is 17.8. The third-order valence-electron chi connectivity index (χ3n) is 3.59. The second kappa shape index (κ2) is 5.99. The number of carbonyl (C=O) groups excluding carboxylic acids is 1. The van der Waals surface area contributed by atoms with Crippen LogP contribution in [0.5, 0.6) is 0 Å². The zero-order valence-corrected chi connectivity index (χ0v) is 13.1. The summed E-state index contributed by atoms with van der Waals surface area (Å²) in [5.41, 5.74) is 4.09. The van der Waals surface area contributed by atoms with Gasteiger partial charge in [-0.1, -0.05) is 5.16 Å². The van der Waals surface area contributed by atoms with Gasteiger partial charge in [-0.25, -0.2) is 4.68 Å². The Kier molecular flexibility index (Phi) is 3.88. The molecular weight excluding hydrogens is 296 g/mol. The molecule has 0 spiro atoms. The molecule has 0 bridgehead atoms. The quantitative estimate of drug-likeness (QED) is 0.788. The zero-order chi connectivity index (χ0) is 16.4. The van der Waals surface area contributed by atoms with Crippen molar-refractivity contribution in [3.8, 4) is 5.69 Å². The predicted molar refractivity (Wildman–Crippen MR) is 82.2 cm³/mol. The van der Waals surface area contributed by atoms with Crippen LogP contribution >= 0.6 is 0 Å². The maximum atomic E-state index is 12.2. The first-order chi connectivity index (χ1) is 11.0. The minimum absolute atomic E-state index is 0.117. The van der Waals surface area contributed by atoms with Crippen LogP contribution in [0.25, 0.3) is 5.69 Å². The number of aryl methyl sites for hydroxylation is 3. The van der Waals surface area contributed by atoms with Gasteiger partial charge in [-0.05, 0) is 55.0 Å². The minimum atomic E-state index is -0.117. The van der Waals surface area contributed by atoms with Gasteiger partial charge < -0.3 is 9.84 Å². The Hall–Kier alpha value is -3.03. The lowest BCUT2D eigenvalue weighted by Gasteiger charge is -2.09. The average Bonchev–Trinajstić information content (AvgIpc) is 3.13. The van der Waals surface area contributed by atoms with Crippen LogP contribution in [0.15, 0.2) is 29.0 Å². The summed E-state index contributed by atoms with van der Waals surface area (Å²) < 4.78 is 6.65. The normalized spacial score (nSPS) is 10.7. The maximum Gasteiger partial charge on any atom is 0.228 e. The molecule has 0 aliphatic heterocycles. The van der Waals surface area contributed by atoms with E-state index in [-0.39, 0.29) is 12.3 Å². The van der Waals surface area contributed by atoms with Gasteiger partial charge in [-0.15, -0.1) is 5.10 Å². The summed E-state index contributed by atoms with van der Waals surface area (Å²) in [6, 6.07) is 5.55. The highest BCUT2D eigenvalue weighted by atomic mass is 16.5. The molecule has 0 aliphatic rings. The highest BCUT2D eigenvalue weighted by Crippen LogP contribution is 2.19. The largest absolute Gasteiger partial charge is 0.361 e. The van der Waals surface area contributed by atoms with E-state index in [9.17, 15) is 4.79 Å². The molecular formula is C15H16N6O2. The molecule has 1 N–H and O–H groups in total. The van der Waals surface area contributed by atoms with Gasteiger partial charge in [0.1, 0.15) is 12.1 Å². The summed E-state index contributed by atoms with van der Waals surface area (Å²) in [5.74, 6) is 0.553. The average molecular weight is 312 g/mol. The van der Waals surface area contributed by atoms with Crippen LogP contribution in [0, 0.1) is 20.8 Å². The van der Waals surface area contributed by atoms with Gasteiger partial charge in [0.25, 0.3) is 0 Å². The Morgan fingerprint density at radius 2 is 2.13 bits per heavy atom. The van der Waals surface area contributed by atoms with Gasteiger partial charge in [-0.3, -0.25) is 4.79 Å². The molecule has 2 heterocycles. The lowest BCUT2D eigenvalue weighted by molar-refractivity contribution is -0.115. The van der Waals surface area contributed by atoms with Crippen LogP contribution in [0.4, 0.5) is 5.69 Å². The smallest absolute Gasteiger partial charge is 0.228 e. The van der Waals surface area contributed by atoms with Crippen molar-refractivity contribution in [3.63, 3.8) is 0 Å². The molecule has 118 valence electrons. The van der Waals surface area contributed by atoms with Crippen molar-refractivity contribution in [1.29, 1.82) is 0 Å². The highest BCUT2D eigenvalue weighted by molar-refractivity contribution is 5.92. The van der Waals surface area contributed by atoms with Crippen molar-refractivity contribution in [1.82, 2.24) is 25.4 Å². The van der Waals surface area contributed by atoms with E-state index in [0.717, 1.165) is 28.2 Å². The monoisotopic (exact) mass is 312 g/mol. The molecule has 0 radical (unpaired) electrons. The molecule has 0 unspecified atom stereocenters. The number of nitrogens with one attached hydrogen (secondary N) is 1. The Bertz CT molecular complexity index is 818. The number of aromatic nitrogens is 5. The van der Waals surface area contributed by atoms with E-state index in [1.54, 1.807) is 11.6 Å². The molecule has 0 aliphatic carbocycles. The Balaban J connectivity index is 1.73. The van der Waals surface area contributed by atoms with Gasteiger partial charge in [0.2, 0.25) is 5.91 Å². The topological polar surface area (TPSA) is 98.7 Å². The summed E-state index contributed by atoms with van der Waals surface area (Å²) in [6.45, 7) is 5.55. The molecule has 3 aromatic rings. The van der Waals surface area contributed by atoms with Gasteiger partial charge in [0.15, 0.2) is 0 Å². The molecule has 0 fully saturated rings. The molecule has 0 atom stereocenters. The zero-order valence-electron chi connectivity index (χ0n) is 13.1. The number of benzene rings is 1. The number of tetrazole rings is 1. The second-order valence-corrected chi connectivity index (χ2v) is 5.28. The van der Waals surface area contributed by atoms with Crippen LogP contribution < -0.4 is 5.32 Å². The Labute approximate surface area is 132 Å². The third kappa shape index (κ3) is 3.10. The van der Waals surface area contributed by atoms with Crippen LogP contribution in [0.2, 0.25) is 0 Å². The van der Waals surface area contributed by atoms with Crippen molar-refractivity contribution < 1.29 is 9.32 Å². The van der Waals surface area contributed by atoms with Crippen molar-refractivity contribution in [3.05, 3.63) is 47.1 Å². The summed E-state index contributed by atoms with van der Waals surface area (Å²) in [4.78, 5) is 12.2. The van der Waals surface area contributed by atoms with E-state index in [2.05, 4.69) is 26.0 Å². The highest BCUT2D eigenvalue weighted by Gasteiger charge is 2.14. The SMILES string of the molecule is Cc1cc(NC(=O)Cc2c(C)noc2C)ccc1-n1cnnn1. The number of hydrogen-bond acceptors (Lipinski definition) is 6. The lowest BCUT2D eigenvalue weighted by atomic mass is 10.1. The van der Waals surface area contributed by atoms with Crippen LogP contribution in [-0.4, -0.2) is 31.3 Å². The van der Waals surface area contributed by atoms with Gasteiger partial charge in [0.05, 0.1) is 17.8 Å². The van der Waals surface area contributed by atoms with Crippen molar-refractivity contribution in [2.75, 3.05) is 5.32 Å². The summed E-state index contributed by atoms with van der Waals surface area (Å²) in [6.07, 6.45) is 1.76. The van der Waals surface area contributed by atoms with Crippen molar-refractivity contribution in [2.24, 2.45) is 0 Å². The maximum absolute atomic E-state index is 12.2. The molecule has 8 nitrogen and oxygen atoms in total. The summed E-state index contributed by atoms with van der Waals surface area (Å²) >= 11 is 0. The molecule has 3 rings (SSSR count). The number of amides is 1. The number of anilines is 1. The second-order valence-electron chi connectivity index (χ2n) is 5.28. The standard InChI is InChI=1S/C15H16N6O2/c1-9-6-12(4-5-14(9)21-8-16-19-20-21)17-15(22)7-13-10(2)18-23-11(13)3/h4-6,8H,7H2,1-3H3,(H,17,22). The number of carbonyl (C=O) groups is 1. The molecule has 0 saturated heterocycles. The molecule has 8 heteroatoms. The van der Waals surface area contributed by atoms with Crippen LogP contribution in [0.3, 0.4) is 0 Å². The predicted octanol–water partition coefficient (Wildman–Crippen LogP) is 1.76. The number of hydrogen-bond donors (Lipinski definition) is 1. The molecule has 23 heavy (non-hydrogen) atoms. The van der Waals surface area contributed by atoms with Gasteiger partial charge in [0, 0.05) is 11.3 Å². The third-order valence-corrected chi connectivity index (χ3v) is 3.59. The van der Waals surface area contributed by atoms with Crippen LogP contribution in [-0.2, 0) is 11.2 Å². The first-order valence-corrected chi connectivity index (χ1v) is 7.10. The first kappa shape index (κ1) is 14.9. The van der Waals surface area contributed by atoms with E-state index in [1.165, 1.54) is 6.33 Å². The van der Waals surface area contributed by atoms with E-state index in [1.807, 2.05) is 32.0 Å². The van der Waals surface area contributed by atoms with Crippen molar-refractivity contribution in [2.45, 2.75) is 27.2 Å². The van der Waals surface area contributed by atoms with Gasteiger partial charge in [-0.2, -0.15) is 0 Å². The Morgan fingerprint density at radius 1 is 1.30 bits per heavy atom. The number of nitrogens with zero attached hydrogens (tertiary/aromatic N) is 5. The first-order valence-electron chi connectivity index (χ1n) is 7.10.